The van der Waals surface area contributed by atoms with Gasteiger partial charge in [0.05, 0.1) is 0 Å². The first-order valence-electron chi connectivity index (χ1n) is 9.41. The van der Waals surface area contributed by atoms with Crippen LogP contribution < -0.4 is 0 Å². The molecule has 1 aliphatic rings. The van der Waals surface area contributed by atoms with Gasteiger partial charge in [0.15, 0.2) is 0 Å². The lowest BCUT2D eigenvalue weighted by atomic mass is 10.1. The van der Waals surface area contributed by atoms with Crippen LogP contribution in [-0.4, -0.2) is 19.5 Å². The standard InChI is InChI=1S/C23H29NSi/c1-25(2,3)16-14-21-11-8-10-20(17-21)9-6-7-15-24-18-22-12-4-5-13-23(22)19-24/h4-5,8,10-13,17H,6-7,9,15,18-19H2,1-3H3. The van der Waals surface area contributed by atoms with Crippen LogP contribution in [0.25, 0.3) is 0 Å². The lowest BCUT2D eigenvalue weighted by Gasteiger charge is -2.14. The quantitative estimate of drug-likeness (QED) is 0.405. The van der Waals surface area contributed by atoms with Crippen molar-refractivity contribution in [3.05, 3.63) is 70.8 Å². The van der Waals surface area contributed by atoms with Gasteiger partial charge in [0.2, 0.25) is 0 Å². The molecule has 0 aliphatic carbocycles. The molecular formula is C23H29NSi. The number of benzene rings is 2. The van der Waals surface area contributed by atoms with Crippen LogP contribution in [0.4, 0.5) is 0 Å². The second kappa shape index (κ2) is 8.04. The van der Waals surface area contributed by atoms with Crippen molar-refractivity contribution in [2.75, 3.05) is 6.54 Å². The van der Waals surface area contributed by atoms with Crippen LogP contribution in [0.3, 0.4) is 0 Å². The molecule has 2 heteroatoms. The van der Waals surface area contributed by atoms with Crippen molar-refractivity contribution >= 4 is 8.07 Å². The van der Waals surface area contributed by atoms with Crippen LogP contribution in [0.2, 0.25) is 19.6 Å². The Bertz CT molecular complexity index is 751. The lowest BCUT2D eigenvalue weighted by molar-refractivity contribution is 0.278. The summed E-state index contributed by atoms with van der Waals surface area (Å²) in [4.78, 5) is 2.57. The molecule has 0 unspecified atom stereocenters. The first kappa shape index (κ1) is 18.0. The van der Waals surface area contributed by atoms with Gasteiger partial charge in [-0.25, -0.2) is 0 Å². The van der Waals surface area contributed by atoms with Crippen molar-refractivity contribution in [2.24, 2.45) is 0 Å². The average Bonchev–Trinajstić information content (AvgIpc) is 2.99. The third-order valence-electron chi connectivity index (χ3n) is 4.60. The topological polar surface area (TPSA) is 3.24 Å². The fraction of sp³-hybridized carbons (Fsp3) is 0.391. The minimum atomic E-state index is -1.30. The number of nitrogens with zero attached hydrogens (tertiary/aromatic N) is 1. The van der Waals surface area contributed by atoms with Crippen molar-refractivity contribution < 1.29 is 0 Å². The lowest BCUT2D eigenvalue weighted by Crippen LogP contribution is -2.17. The summed E-state index contributed by atoms with van der Waals surface area (Å²) < 4.78 is 0. The Balaban J connectivity index is 1.44. The number of fused-ring (bicyclic) bond motifs is 1. The van der Waals surface area contributed by atoms with Crippen molar-refractivity contribution in [1.29, 1.82) is 0 Å². The van der Waals surface area contributed by atoms with Gasteiger partial charge in [0, 0.05) is 18.7 Å². The largest absolute Gasteiger partial charge is 0.295 e. The molecule has 0 aromatic heterocycles. The molecule has 0 amide bonds. The number of rotatable bonds is 5. The number of unbranched alkanes of at least 4 members (excludes halogenated alkanes) is 1. The van der Waals surface area contributed by atoms with Gasteiger partial charge in [-0.05, 0) is 54.6 Å². The van der Waals surface area contributed by atoms with E-state index in [0.717, 1.165) is 19.5 Å². The van der Waals surface area contributed by atoms with E-state index in [9.17, 15) is 0 Å². The SMILES string of the molecule is C[Si](C)(C)C#Cc1cccc(CCCCN2Cc3ccccc3C2)c1. The zero-order valence-electron chi connectivity index (χ0n) is 15.8. The monoisotopic (exact) mass is 347 g/mol. The molecule has 1 aliphatic heterocycles. The Hall–Kier alpha value is -1.82. The smallest absolute Gasteiger partial charge is 0.129 e. The third-order valence-corrected chi connectivity index (χ3v) is 5.48. The van der Waals surface area contributed by atoms with E-state index < -0.39 is 8.07 Å². The highest BCUT2D eigenvalue weighted by Crippen LogP contribution is 2.22. The van der Waals surface area contributed by atoms with Gasteiger partial charge in [0.25, 0.3) is 0 Å². The molecule has 1 heterocycles. The summed E-state index contributed by atoms with van der Waals surface area (Å²) in [5.41, 5.74) is 9.08. The summed E-state index contributed by atoms with van der Waals surface area (Å²) in [6, 6.07) is 17.6. The predicted octanol–water partition coefficient (Wildman–Crippen LogP) is 5.25. The summed E-state index contributed by atoms with van der Waals surface area (Å²) in [5.74, 6) is 3.37. The van der Waals surface area contributed by atoms with E-state index in [1.54, 1.807) is 0 Å². The molecule has 0 spiro atoms. The van der Waals surface area contributed by atoms with Crippen LogP contribution in [0.1, 0.15) is 35.1 Å². The molecule has 0 fully saturated rings. The first-order valence-corrected chi connectivity index (χ1v) is 12.9. The molecule has 1 nitrogen and oxygen atoms in total. The summed E-state index contributed by atoms with van der Waals surface area (Å²) in [7, 11) is -1.30. The minimum absolute atomic E-state index is 1.12. The van der Waals surface area contributed by atoms with Crippen molar-refractivity contribution in [1.82, 2.24) is 4.90 Å². The van der Waals surface area contributed by atoms with E-state index in [4.69, 9.17) is 0 Å². The molecule has 3 rings (SSSR count). The minimum Gasteiger partial charge on any atom is -0.295 e. The van der Waals surface area contributed by atoms with Crippen LogP contribution in [-0.2, 0) is 19.5 Å². The maximum Gasteiger partial charge on any atom is 0.129 e. The molecule has 0 radical (unpaired) electrons. The van der Waals surface area contributed by atoms with Crippen LogP contribution in [0.15, 0.2) is 48.5 Å². The van der Waals surface area contributed by atoms with Crippen LogP contribution >= 0.6 is 0 Å². The molecule has 2 aromatic carbocycles. The van der Waals surface area contributed by atoms with E-state index in [1.807, 2.05) is 0 Å². The number of aryl methyl sites for hydroxylation is 1. The zero-order chi connectivity index (χ0) is 17.7. The van der Waals surface area contributed by atoms with Gasteiger partial charge in [-0.2, -0.15) is 0 Å². The van der Waals surface area contributed by atoms with E-state index in [-0.39, 0.29) is 0 Å². The second-order valence-electron chi connectivity index (χ2n) is 8.14. The highest BCUT2D eigenvalue weighted by molar-refractivity contribution is 6.83. The fourth-order valence-electron chi connectivity index (χ4n) is 3.29. The number of hydrogen-bond donors (Lipinski definition) is 0. The normalized spacial score (nSPS) is 14.0. The molecule has 0 saturated carbocycles. The Labute approximate surface area is 154 Å². The highest BCUT2D eigenvalue weighted by atomic mass is 28.3. The summed E-state index contributed by atoms with van der Waals surface area (Å²) >= 11 is 0. The van der Waals surface area contributed by atoms with Gasteiger partial charge in [-0.15, -0.1) is 5.54 Å². The Kier molecular flexibility index (Phi) is 5.78. The van der Waals surface area contributed by atoms with Gasteiger partial charge in [-0.1, -0.05) is 62.0 Å². The Morgan fingerprint density at radius 2 is 1.64 bits per heavy atom. The molecule has 0 N–H and O–H groups in total. The predicted molar refractivity (Wildman–Crippen MR) is 110 cm³/mol. The molecule has 2 aromatic rings. The van der Waals surface area contributed by atoms with E-state index in [2.05, 4.69) is 84.5 Å². The summed E-state index contributed by atoms with van der Waals surface area (Å²) in [6.07, 6.45) is 3.67. The van der Waals surface area contributed by atoms with Crippen LogP contribution in [0, 0.1) is 11.5 Å². The Morgan fingerprint density at radius 3 is 2.32 bits per heavy atom. The van der Waals surface area contributed by atoms with E-state index in [1.165, 1.54) is 41.6 Å². The van der Waals surface area contributed by atoms with E-state index in [0.29, 0.717) is 0 Å². The van der Waals surface area contributed by atoms with Gasteiger partial charge >= 0.3 is 0 Å². The second-order valence-corrected chi connectivity index (χ2v) is 12.9. The maximum absolute atomic E-state index is 3.46. The molecule has 130 valence electrons. The van der Waals surface area contributed by atoms with Gasteiger partial charge in [0.1, 0.15) is 8.07 Å². The number of hydrogen-bond acceptors (Lipinski definition) is 1. The molecule has 0 atom stereocenters. The van der Waals surface area contributed by atoms with E-state index >= 15 is 0 Å². The van der Waals surface area contributed by atoms with Crippen LogP contribution in [0.5, 0.6) is 0 Å². The summed E-state index contributed by atoms with van der Waals surface area (Å²) in [5, 5.41) is 0. The molecule has 0 bridgehead atoms. The van der Waals surface area contributed by atoms with Crippen molar-refractivity contribution in [2.45, 2.75) is 52.0 Å². The molecule has 0 saturated heterocycles. The molecule has 25 heavy (non-hydrogen) atoms. The van der Waals surface area contributed by atoms with Crippen molar-refractivity contribution in [3.8, 4) is 11.5 Å². The fourth-order valence-corrected chi connectivity index (χ4v) is 3.81. The first-order chi connectivity index (χ1) is 12.0. The highest BCUT2D eigenvalue weighted by Gasteiger charge is 2.17. The van der Waals surface area contributed by atoms with Crippen molar-refractivity contribution in [3.63, 3.8) is 0 Å². The van der Waals surface area contributed by atoms with Gasteiger partial charge in [-0.3, -0.25) is 4.90 Å². The average molecular weight is 348 g/mol. The third kappa shape index (κ3) is 5.59. The molecular weight excluding hydrogens is 318 g/mol. The summed E-state index contributed by atoms with van der Waals surface area (Å²) in [6.45, 7) is 10.3. The van der Waals surface area contributed by atoms with Gasteiger partial charge < -0.3 is 0 Å². The maximum atomic E-state index is 3.46. The Morgan fingerprint density at radius 1 is 0.920 bits per heavy atom. The zero-order valence-corrected chi connectivity index (χ0v) is 16.8.